The molecule has 0 radical (unpaired) electrons. The summed E-state index contributed by atoms with van der Waals surface area (Å²) < 4.78 is 5.42. The topological polar surface area (TPSA) is 46.6 Å². The fourth-order valence-electron chi connectivity index (χ4n) is 2.43. The molecule has 0 aliphatic carbocycles. The lowest BCUT2D eigenvalue weighted by Crippen LogP contribution is -2.43. The number of piperidine rings is 1. The van der Waals surface area contributed by atoms with E-state index in [0.717, 1.165) is 45.1 Å². The monoisotopic (exact) mass is 283 g/mol. The summed E-state index contributed by atoms with van der Waals surface area (Å²) in [5.41, 5.74) is -0.697. The molecule has 0 aromatic rings. The molecule has 1 fully saturated rings. The van der Waals surface area contributed by atoms with Crippen LogP contribution in [-0.4, -0.2) is 36.0 Å². The van der Waals surface area contributed by atoms with Crippen LogP contribution < -0.4 is 0 Å². The van der Waals surface area contributed by atoms with Gasteiger partial charge in [0.2, 0.25) is 0 Å². The van der Waals surface area contributed by atoms with Gasteiger partial charge in [0, 0.05) is 18.5 Å². The zero-order valence-electron chi connectivity index (χ0n) is 13.6. The molecule has 1 unspecified atom stereocenters. The number of rotatable bonds is 4. The van der Waals surface area contributed by atoms with Crippen LogP contribution in [-0.2, 0) is 9.53 Å². The van der Waals surface area contributed by atoms with Crippen LogP contribution in [0.15, 0.2) is 0 Å². The highest BCUT2D eigenvalue weighted by molar-refractivity contribution is 5.68. The van der Waals surface area contributed by atoms with E-state index in [2.05, 4.69) is 0 Å². The van der Waals surface area contributed by atoms with Crippen molar-refractivity contribution >= 4 is 12.4 Å². The normalized spacial score (nSPS) is 20.6. The molecule has 0 bridgehead atoms. The van der Waals surface area contributed by atoms with E-state index in [4.69, 9.17) is 4.74 Å². The summed E-state index contributed by atoms with van der Waals surface area (Å²) in [4.78, 5) is 24.8. The average molecular weight is 283 g/mol. The highest BCUT2D eigenvalue weighted by Gasteiger charge is 2.28. The maximum Gasteiger partial charge on any atom is 0.410 e. The molecule has 0 saturated carbocycles. The number of aldehydes is 1. The van der Waals surface area contributed by atoms with Crippen molar-refractivity contribution in [1.29, 1.82) is 0 Å². The summed E-state index contributed by atoms with van der Waals surface area (Å²) in [5, 5.41) is 0. The molecule has 1 atom stereocenters. The Balaban J connectivity index is 2.46. The van der Waals surface area contributed by atoms with Crippen LogP contribution >= 0.6 is 0 Å². The fraction of sp³-hybridized carbons (Fsp3) is 0.875. The van der Waals surface area contributed by atoms with Crippen LogP contribution in [0, 0.1) is 11.3 Å². The van der Waals surface area contributed by atoms with Gasteiger partial charge in [-0.3, -0.25) is 0 Å². The number of hydrogen-bond donors (Lipinski definition) is 0. The number of nitrogens with zero attached hydrogens (tertiary/aromatic N) is 1. The second-order valence-electron chi connectivity index (χ2n) is 7.58. The summed E-state index contributed by atoms with van der Waals surface area (Å²) in [6.45, 7) is 11.1. The Morgan fingerprint density at radius 2 is 1.95 bits per heavy atom. The standard InChI is InChI=1S/C16H29NO3/c1-15(2,3)20-14(19)17-10-6-7-13(11-17)8-9-16(4,5)12-18/h12-13H,6-11H2,1-5H3. The molecule has 20 heavy (non-hydrogen) atoms. The van der Waals surface area contributed by atoms with Gasteiger partial charge in [0.25, 0.3) is 0 Å². The first-order valence-electron chi connectivity index (χ1n) is 7.57. The Bertz CT molecular complexity index is 344. The number of hydrogen-bond acceptors (Lipinski definition) is 3. The summed E-state index contributed by atoms with van der Waals surface area (Å²) in [5.74, 6) is 0.482. The van der Waals surface area contributed by atoms with Gasteiger partial charge in [-0.05, 0) is 52.4 Å². The van der Waals surface area contributed by atoms with Gasteiger partial charge in [-0.15, -0.1) is 0 Å². The van der Waals surface area contributed by atoms with Crippen LogP contribution in [0.2, 0.25) is 0 Å². The maximum atomic E-state index is 12.1. The zero-order valence-corrected chi connectivity index (χ0v) is 13.6. The molecule has 1 amide bonds. The van der Waals surface area contributed by atoms with Gasteiger partial charge in [0.1, 0.15) is 11.9 Å². The Kier molecular flexibility index (Phi) is 5.60. The van der Waals surface area contributed by atoms with E-state index in [9.17, 15) is 9.59 Å². The van der Waals surface area contributed by atoms with Crippen LogP contribution in [0.5, 0.6) is 0 Å². The lowest BCUT2D eigenvalue weighted by atomic mass is 9.83. The molecule has 0 N–H and O–H groups in total. The lowest BCUT2D eigenvalue weighted by molar-refractivity contribution is -0.115. The summed E-state index contributed by atoms with van der Waals surface area (Å²) in [7, 11) is 0. The first-order chi connectivity index (χ1) is 9.13. The van der Waals surface area contributed by atoms with Gasteiger partial charge < -0.3 is 14.4 Å². The molecule has 1 aliphatic heterocycles. The van der Waals surface area contributed by atoms with Crippen molar-refractivity contribution in [2.24, 2.45) is 11.3 Å². The summed E-state index contributed by atoms with van der Waals surface area (Å²) in [6.07, 6.45) is 4.84. The van der Waals surface area contributed by atoms with E-state index in [1.54, 1.807) is 0 Å². The van der Waals surface area contributed by atoms with Crippen LogP contribution in [0.25, 0.3) is 0 Å². The second-order valence-corrected chi connectivity index (χ2v) is 7.58. The Morgan fingerprint density at radius 3 is 2.50 bits per heavy atom. The van der Waals surface area contributed by atoms with Gasteiger partial charge in [-0.1, -0.05) is 13.8 Å². The highest BCUT2D eigenvalue weighted by atomic mass is 16.6. The molecule has 1 aliphatic rings. The number of carbonyl (C=O) groups excluding carboxylic acids is 2. The Hall–Kier alpha value is -1.06. The van der Waals surface area contributed by atoms with Crippen molar-refractivity contribution in [3.63, 3.8) is 0 Å². The molecular weight excluding hydrogens is 254 g/mol. The fourth-order valence-corrected chi connectivity index (χ4v) is 2.43. The molecule has 0 aromatic heterocycles. The molecule has 1 heterocycles. The average Bonchev–Trinajstić information content (AvgIpc) is 2.35. The molecule has 1 saturated heterocycles. The van der Waals surface area contributed by atoms with Gasteiger partial charge >= 0.3 is 6.09 Å². The molecule has 0 spiro atoms. The highest BCUT2D eigenvalue weighted by Crippen LogP contribution is 2.28. The van der Waals surface area contributed by atoms with Crippen LogP contribution in [0.4, 0.5) is 4.79 Å². The third-order valence-electron chi connectivity index (χ3n) is 3.69. The predicted octanol–water partition coefficient (Wildman–Crippen LogP) is 3.64. The van der Waals surface area contributed by atoms with Crippen molar-refractivity contribution in [1.82, 2.24) is 4.90 Å². The first-order valence-corrected chi connectivity index (χ1v) is 7.57. The minimum absolute atomic E-state index is 0.211. The van der Waals surface area contributed by atoms with Gasteiger partial charge in [0.05, 0.1) is 0 Å². The van der Waals surface area contributed by atoms with Crippen molar-refractivity contribution < 1.29 is 14.3 Å². The molecule has 116 valence electrons. The minimum atomic E-state index is -0.441. The predicted molar refractivity (Wildman–Crippen MR) is 79.6 cm³/mol. The van der Waals surface area contributed by atoms with Gasteiger partial charge in [0.15, 0.2) is 0 Å². The van der Waals surface area contributed by atoms with E-state index in [0.29, 0.717) is 5.92 Å². The molecule has 4 nitrogen and oxygen atoms in total. The third kappa shape index (κ3) is 5.93. The van der Waals surface area contributed by atoms with E-state index < -0.39 is 5.60 Å². The Morgan fingerprint density at radius 1 is 1.30 bits per heavy atom. The summed E-state index contributed by atoms with van der Waals surface area (Å²) >= 11 is 0. The van der Waals surface area contributed by atoms with Crippen molar-refractivity contribution in [3.05, 3.63) is 0 Å². The quantitative estimate of drug-likeness (QED) is 0.740. The lowest BCUT2D eigenvalue weighted by Gasteiger charge is -2.35. The number of carbonyl (C=O) groups is 2. The van der Waals surface area contributed by atoms with Crippen LogP contribution in [0.1, 0.15) is 60.3 Å². The number of ether oxygens (including phenoxy) is 1. The Labute approximate surface area is 122 Å². The molecular formula is C16H29NO3. The molecule has 1 rings (SSSR count). The van der Waals surface area contributed by atoms with Crippen LogP contribution in [0.3, 0.4) is 0 Å². The summed E-state index contributed by atoms with van der Waals surface area (Å²) in [6, 6.07) is 0. The largest absolute Gasteiger partial charge is 0.444 e. The first kappa shape index (κ1) is 17.0. The van der Waals surface area contributed by atoms with E-state index >= 15 is 0 Å². The zero-order chi connectivity index (χ0) is 15.4. The molecule has 0 aromatic carbocycles. The third-order valence-corrected chi connectivity index (χ3v) is 3.69. The minimum Gasteiger partial charge on any atom is -0.444 e. The smallest absolute Gasteiger partial charge is 0.410 e. The van der Waals surface area contributed by atoms with Gasteiger partial charge in [-0.2, -0.15) is 0 Å². The van der Waals surface area contributed by atoms with Crippen molar-refractivity contribution in [2.75, 3.05) is 13.1 Å². The number of likely N-dealkylation sites (tertiary alicyclic amines) is 1. The van der Waals surface area contributed by atoms with E-state index in [1.165, 1.54) is 0 Å². The second kappa shape index (κ2) is 6.59. The van der Waals surface area contributed by atoms with E-state index in [1.807, 2.05) is 39.5 Å². The SMILES string of the molecule is CC(C)(C=O)CCC1CCCN(C(=O)OC(C)(C)C)C1. The van der Waals surface area contributed by atoms with Crippen molar-refractivity contribution in [2.45, 2.75) is 65.9 Å². The maximum absolute atomic E-state index is 12.1. The van der Waals surface area contributed by atoms with Gasteiger partial charge in [-0.25, -0.2) is 4.79 Å². The van der Waals surface area contributed by atoms with Crippen molar-refractivity contribution in [3.8, 4) is 0 Å². The number of amides is 1. The molecule has 4 heteroatoms. The van der Waals surface area contributed by atoms with E-state index in [-0.39, 0.29) is 11.5 Å².